The van der Waals surface area contributed by atoms with Crippen LogP contribution >= 0.6 is 0 Å². The van der Waals surface area contributed by atoms with Crippen LogP contribution < -0.4 is 10.1 Å². The molecule has 31 heavy (non-hydrogen) atoms. The highest BCUT2D eigenvalue weighted by Crippen LogP contribution is 2.19. The van der Waals surface area contributed by atoms with Crippen LogP contribution in [-0.4, -0.2) is 36.2 Å². The SMILES string of the molecule is COc1ccc(CCNC(=O)[C@@H](C)OC(=O)c2cc(C)n(Cc3ccco3)c2C)cc1. The lowest BCUT2D eigenvalue weighted by Gasteiger charge is -2.14. The molecule has 0 fully saturated rings. The van der Waals surface area contributed by atoms with Crippen molar-refractivity contribution in [3.8, 4) is 5.75 Å². The van der Waals surface area contributed by atoms with E-state index in [0.717, 1.165) is 28.5 Å². The molecule has 1 amide bonds. The zero-order valence-corrected chi connectivity index (χ0v) is 18.3. The molecule has 2 heterocycles. The molecule has 0 aliphatic carbocycles. The number of ether oxygens (including phenoxy) is 2. The summed E-state index contributed by atoms with van der Waals surface area (Å²) in [7, 11) is 1.62. The summed E-state index contributed by atoms with van der Waals surface area (Å²) in [6.45, 7) is 6.32. The molecule has 3 aromatic rings. The third-order valence-electron chi connectivity index (χ3n) is 5.21. The predicted octanol–water partition coefficient (Wildman–Crippen LogP) is 3.66. The number of nitrogens with zero attached hydrogens (tertiary/aromatic N) is 1. The average Bonchev–Trinajstić information content (AvgIpc) is 3.38. The van der Waals surface area contributed by atoms with Crippen LogP contribution in [-0.2, 0) is 22.5 Å². The van der Waals surface area contributed by atoms with Crippen LogP contribution in [0, 0.1) is 13.8 Å². The van der Waals surface area contributed by atoms with Gasteiger partial charge < -0.3 is 23.8 Å². The number of furan rings is 1. The first-order chi connectivity index (χ1) is 14.9. The summed E-state index contributed by atoms with van der Waals surface area (Å²) in [5, 5.41) is 2.81. The van der Waals surface area contributed by atoms with E-state index in [2.05, 4.69) is 5.32 Å². The van der Waals surface area contributed by atoms with E-state index in [4.69, 9.17) is 13.9 Å². The maximum absolute atomic E-state index is 12.7. The van der Waals surface area contributed by atoms with Crippen LogP contribution in [0.3, 0.4) is 0 Å². The maximum atomic E-state index is 12.7. The van der Waals surface area contributed by atoms with Gasteiger partial charge in [-0.25, -0.2) is 4.79 Å². The fraction of sp³-hybridized carbons (Fsp3) is 0.333. The summed E-state index contributed by atoms with van der Waals surface area (Å²) in [4.78, 5) is 25.0. The van der Waals surface area contributed by atoms with Gasteiger partial charge in [-0.3, -0.25) is 4.79 Å². The molecule has 1 atom stereocenters. The predicted molar refractivity (Wildman–Crippen MR) is 116 cm³/mol. The second-order valence-electron chi connectivity index (χ2n) is 7.39. The zero-order chi connectivity index (χ0) is 22.4. The Balaban J connectivity index is 1.52. The van der Waals surface area contributed by atoms with Crippen molar-refractivity contribution >= 4 is 11.9 Å². The van der Waals surface area contributed by atoms with Crippen LogP contribution in [0.5, 0.6) is 5.75 Å². The molecular weight excluding hydrogens is 396 g/mol. The number of benzene rings is 1. The van der Waals surface area contributed by atoms with Gasteiger partial charge in [0.2, 0.25) is 0 Å². The van der Waals surface area contributed by atoms with E-state index in [9.17, 15) is 9.59 Å². The van der Waals surface area contributed by atoms with Crippen LogP contribution in [0.2, 0.25) is 0 Å². The highest BCUT2D eigenvalue weighted by Gasteiger charge is 2.22. The van der Waals surface area contributed by atoms with Crippen molar-refractivity contribution in [1.82, 2.24) is 9.88 Å². The molecule has 1 aromatic carbocycles. The van der Waals surface area contributed by atoms with Gasteiger partial charge in [-0.05, 0) is 63.1 Å². The molecule has 0 unspecified atom stereocenters. The Morgan fingerprint density at radius 3 is 2.55 bits per heavy atom. The van der Waals surface area contributed by atoms with E-state index in [1.807, 2.05) is 54.8 Å². The summed E-state index contributed by atoms with van der Waals surface area (Å²) in [6.07, 6.45) is 1.40. The number of rotatable bonds is 9. The topological polar surface area (TPSA) is 82.7 Å². The Hall–Kier alpha value is -3.48. The minimum Gasteiger partial charge on any atom is -0.497 e. The second kappa shape index (κ2) is 10.0. The monoisotopic (exact) mass is 424 g/mol. The Labute approximate surface area is 182 Å². The molecule has 0 aliphatic rings. The Morgan fingerprint density at radius 1 is 1.16 bits per heavy atom. The van der Waals surface area contributed by atoms with Gasteiger partial charge in [0.1, 0.15) is 11.5 Å². The smallest absolute Gasteiger partial charge is 0.340 e. The lowest BCUT2D eigenvalue weighted by atomic mass is 10.1. The molecule has 0 spiro atoms. The van der Waals surface area contributed by atoms with Crippen molar-refractivity contribution in [2.75, 3.05) is 13.7 Å². The van der Waals surface area contributed by atoms with Gasteiger partial charge in [0.25, 0.3) is 5.91 Å². The number of methoxy groups -OCH3 is 1. The standard InChI is InChI=1S/C24H28N2O5/c1-16-14-22(17(2)26(16)15-21-6-5-13-30-21)24(28)31-18(3)23(27)25-12-11-19-7-9-20(29-4)10-8-19/h5-10,13-14,18H,11-12,15H2,1-4H3,(H,25,27)/t18-/m1/s1. The largest absolute Gasteiger partial charge is 0.497 e. The van der Waals surface area contributed by atoms with Crippen molar-refractivity contribution < 1.29 is 23.5 Å². The summed E-state index contributed by atoms with van der Waals surface area (Å²) in [6, 6.07) is 13.1. The molecular formula is C24H28N2O5. The fourth-order valence-electron chi connectivity index (χ4n) is 3.35. The molecule has 164 valence electrons. The van der Waals surface area contributed by atoms with Gasteiger partial charge in [0.15, 0.2) is 6.10 Å². The molecule has 0 saturated heterocycles. The molecule has 0 saturated carbocycles. The van der Waals surface area contributed by atoms with Crippen molar-refractivity contribution in [2.24, 2.45) is 0 Å². The van der Waals surface area contributed by atoms with Gasteiger partial charge in [0.05, 0.1) is 25.5 Å². The van der Waals surface area contributed by atoms with E-state index in [1.54, 1.807) is 26.4 Å². The lowest BCUT2D eigenvalue weighted by Crippen LogP contribution is -2.37. The van der Waals surface area contributed by atoms with E-state index in [0.29, 0.717) is 25.1 Å². The van der Waals surface area contributed by atoms with Crippen LogP contribution in [0.4, 0.5) is 0 Å². The number of hydrogen-bond donors (Lipinski definition) is 1. The summed E-state index contributed by atoms with van der Waals surface area (Å²) in [5.41, 5.74) is 3.21. The number of hydrogen-bond acceptors (Lipinski definition) is 5. The first kappa shape index (κ1) is 22.2. The van der Waals surface area contributed by atoms with Crippen LogP contribution in [0.1, 0.15) is 40.0 Å². The van der Waals surface area contributed by atoms with E-state index < -0.39 is 12.1 Å². The van der Waals surface area contributed by atoms with Gasteiger partial charge in [0, 0.05) is 17.9 Å². The quantitative estimate of drug-likeness (QED) is 0.530. The van der Waals surface area contributed by atoms with Crippen molar-refractivity contribution in [3.63, 3.8) is 0 Å². The highest BCUT2D eigenvalue weighted by molar-refractivity contribution is 5.93. The Morgan fingerprint density at radius 2 is 1.90 bits per heavy atom. The molecule has 0 aliphatic heterocycles. The number of amides is 1. The van der Waals surface area contributed by atoms with Crippen molar-refractivity contribution in [2.45, 2.75) is 39.8 Å². The van der Waals surface area contributed by atoms with E-state index >= 15 is 0 Å². The number of carbonyl (C=O) groups is 2. The maximum Gasteiger partial charge on any atom is 0.340 e. The summed E-state index contributed by atoms with van der Waals surface area (Å²) >= 11 is 0. The normalized spacial score (nSPS) is 11.7. The highest BCUT2D eigenvalue weighted by atomic mass is 16.5. The minimum atomic E-state index is -0.892. The van der Waals surface area contributed by atoms with Crippen molar-refractivity contribution in [3.05, 3.63) is 77.0 Å². The summed E-state index contributed by atoms with van der Waals surface area (Å²) < 4.78 is 17.9. The molecule has 3 rings (SSSR count). The average molecular weight is 424 g/mol. The number of aryl methyl sites for hydroxylation is 1. The molecule has 7 nitrogen and oxygen atoms in total. The minimum absolute atomic E-state index is 0.328. The van der Waals surface area contributed by atoms with Gasteiger partial charge in [-0.1, -0.05) is 12.1 Å². The second-order valence-corrected chi connectivity index (χ2v) is 7.39. The van der Waals surface area contributed by atoms with Gasteiger partial charge in [-0.2, -0.15) is 0 Å². The lowest BCUT2D eigenvalue weighted by molar-refractivity contribution is -0.129. The molecule has 0 bridgehead atoms. The third-order valence-corrected chi connectivity index (χ3v) is 5.21. The molecule has 7 heteroatoms. The Kier molecular flexibility index (Phi) is 7.18. The first-order valence-corrected chi connectivity index (χ1v) is 10.2. The van der Waals surface area contributed by atoms with E-state index in [1.165, 1.54) is 0 Å². The number of esters is 1. The van der Waals surface area contributed by atoms with Crippen LogP contribution in [0.15, 0.2) is 53.1 Å². The van der Waals surface area contributed by atoms with Crippen LogP contribution in [0.25, 0.3) is 0 Å². The molecule has 0 radical (unpaired) electrons. The molecule has 1 N–H and O–H groups in total. The first-order valence-electron chi connectivity index (χ1n) is 10.2. The number of aromatic nitrogens is 1. The van der Waals surface area contributed by atoms with Crippen molar-refractivity contribution in [1.29, 1.82) is 0 Å². The molecule has 2 aromatic heterocycles. The summed E-state index contributed by atoms with van der Waals surface area (Å²) in [5.74, 6) is 0.742. The van der Waals surface area contributed by atoms with Gasteiger partial charge in [-0.15, -0.1) is 0 Å². The van der Waals surface area contributed by atoms with Gasteiger partial charge >= 0.3 is 5.97 Å². The Bertz CT molecular complexity index is 1020. The number of nitrogens with one attached hydrogen (secondary N) is 1. The fourth-order valence-corrected chi connectivity index (χ4v) is 3.35. The number of carbonyl (C=O) groups excluding carboxylic acids is 2. The van der Waals surface area contributed by atoms with E-state index in [-0.39, 0.29) is 5.91 Å². The third kappa shape index (κ3) is 5.57. The zero-order valence-electron chi connectivity index (χ0n) is 18.3.